The van der Waals surface area contributed by atoms with E-state index in [1.807, 2.05) is 24.3 Å². The Bertz CT molecular complexity index is 1160. The average molecular weight is 496 g/mol. The average Bonchev–Trinajstić information content (AvgIpc) is 3.57. The summed E-state index contributed by atoms with van der Waals surface area (Å²) in [6, 6.07) is 11.3. The van der Waals surface area contributed by atoms with E-state index in [1.165, 1.54) is 6.26 Å². The van der Waals surface area contributed by atoms with E-state index < -0.39 is 5.41 Å². The summed E-state index contributed by atoms with van der Waals surface area (Å²) in [4.78, 5) is 46.6. The smallest absolute Gasteiger partial charge is 0.313 e. The molecule has 2 aromatic heterocycles. The molecule has 0 radical (unpaired) electrons. The quantitative estimate of drug-likeness (QED) is 0.482. The van der Waals surface area contributed by atoms with E-state index in [0.29, 0.717) is 38.4 Å². The summed E-state index contributed by atoms with van der Waals surface area (Å²) < 4.78 is 11.9. The molecule has 3 heterocycles. The Kier molecular flexibility index (Phi) is 6.86. The lowest BCUT2D eigenvalue weighted by molar-refractivity contribution is -0.163. The SMILES string of the molecule is O=C(COC(=O)C1(Cc2nc3ccccc3s2)CCCCC1)N1CCN(C(=O)c2ccco2)CC1. The molecule has 5 rings (SSSR count). The first-order valence-electron chi connectivity index (χ1n) is 12.2. The van der Waals surface area contributed by atoms with E-state index in [4.69, 9.17) is 14.1 Å². The number of ether oxygens (including phenoxy) is 1. The van der Waals surface area contributed by atoms with Gasteiger partial charge in [0, 0.05) is 32.6 Å². The van der Waals surface area contributed by atoms with Gasteiger partial charge in [-0.2, -0.15) is 0 Å². The molecule has 1 saturated carbocycles. The molecular formula is C26H29N3O5S. The van der Waals surface area contributed by atoms with Crippen molar-refractivity contribution in [3.8, 4) is 0 Å². The number of carbonyl (C=O) groups is 3. The molecule has 1 saturated heterocycles. The summed E-state index contributed by atoms with van der Waals surface area (Å²) in [5, 5.41) is 0.939. The fourth-order valence-electron chi connectivity index (χ4n) is 5.05. The van der Waals surface area contributed by atoms with Gasteiger partial charge in [-0.15, -0.1) is 11.3 Å². The number of hydrogen-bond acceptors (Lipinski definition) is 7. The molecule has 3 aromatic rings. The zero-order chi connectivity index (χ0) is 24.3. The molecule has 1 aliphatic heterocycles. The van der Waals surface area contributed by atoms with Gasteiger partial charge < -0.3 is 19.0 Å². The van der Waals surface area contributed by atoms with Crippen LogP contribution in [0.1, 0.15) is 47.7 Å². The molecule has 2 aliphatic rings. The van der Waals surface area contributed by atoms with Crippen LogP contribution < -0.4 is 0 Å². The van der Waals surface area contributed by atoms with Gasteiger partial charge in [0.1, 0.15) is 0 Å². The third-order valence-corrected chi connectivity index (χ3v) is 8.09. The maximum absolute atomic E-state index is 13.3. The third-order valence-electron chi connectivity index (χ3n) is 7.05. The van der Waals surface area contributed by atoms with Gasteiger partial charge in [0.25, 0.3) is 11.8 Å². The molecule has 8 nitrogen and oxygen atoms in total. The Morgan fingerprint density at radius 2 is 1.71 bits per heavy atom. The summed E-state index contributed by atoms with van der Waals surface area (Å²) in [5.74, 6) is -0.405. The molecule has 184 valence electrons. The second kappa shape index (κ2) is 10.2. The Morgan fingerprint density at radius 1 is 0.971 bits per heavy atom. The van der Waals surface area contributed by atoms with Crippen LogP contribution in [0.5, 0.6) is 0 Å². The summed E-state index contributed by atoms with van der Waals surface area (Å²) >= 11 is 1.62. The highest BCUT2D eigenvalue weighted by Gasteiger charge is 2.42. The summed E-state index contributed by atoms with van der Waals surface area (Å²) in [6.07, 6.45) is 6.57. The van der Waals surface area contributed by atoms with E-state index in [0.717, 1.165) is 47.3 Å². The number of carbonyl (C=O) groups excluding carboxylic acids is 3. The molecule has 1 aliphatic carbocycles. The van der Waals surface area contributed by atoms with Gasteiger partial charge in [-0.1, -0.05) is 31.4 Å². The number of fused-ring (bicyclic) bond motifs is 1. The minimum absolute atomic E-state index is 0.178. The normalized spacial score (nSPS) is 17.9. The largest absolute Gasteiger partial charge is 0.459 e. The van der Waals surface area contributed by atoms with Crippen molar-refractivity contribution in [1.29, 1.82) is 0 Å². The molecule has 0 unspecified atom stereocenters. The first-order valence-corrected chi connectivity index (χ1v) is 13.0. The summed E-state index contributed by atoms with van der Waals surface area (Å²) in [7, 11) is 0. The van der Waals surface area contributed by atoms with Gasteiger partial charge in [-0.05, 0) is 37.1 Å². The van der Waals surface area contributed by atoms with Gasteiger partial charge in [0.15, 0.2) is 12.4 Å². The van der Waals surface area contributed by atoms with Crippen LogP contribution in [0.2, 0.25) is 0 Å². The topological polar surface area (TPSA) is 93.0 Å². The number of esters is 1. The minimum Gasteiger partial charge on any atom is -0.459 e. The predicted molar refractivity (Wildman–Crippen MR) is 131 cm³/mol. The highest BCUT2D eigenvalue weighted by atomic mass is 32.1. The van der Waals surface area contributed by atoms with Crippen LogP contribution in [0.4, 0.5) is 0 Å². The van der Waals surface area contributed by atoms with Crippen molar-refractivity contribution in [1.82, 2.24) is 14.8 Å². The lowest BCUT2D eigenvalue weighted by Crippen LogP contribution is -2.51. The van der Waals surface area contributed by atoms with Crippen LogP contribution in [0.15, 0.2) is 47.1 Å². The van der Waals surface area contributed by atoms with Crippen molar-refractivity contribution in [3.05, 3.63) is 53.4 Å². The van der Waals surface area contributed by atoms with E-state index in [2.05, 4.69) is 0 Å². The fraction of sp³-hybridized carbons (Fsp3) is 0.462. The second-order valence-electron chi connectivity index (χ2n) is 9.32. The van der Waals surface area contributed by atoms with Crippen LogP contribution in [0, 0.1) is 5.41 Å². The monoisotopic (exact) mass is 495 g/mol. The predicted octanol–water partition coefficient (Wildman–Crippen LogP) is 3.91. The van der Waals surface area contributed by atoms with Crippen LogP contribution in [0.3, 0.4) is 0 Å². The molecule has 0 bridgehead atoms. The number of amides is 2. The number of furan rings is 1. The number of aromatic nitrogens is 1. The Hall–Kier alpha value is -3.20. The van der Waals surface area contributed by atoms with Gasteiger partial charge in [-0.25, -0.2) is 4.98 Å². The molecule has 0 spiro atoms. The number of para-hydroxylation sites is 1. The number of piperazine rings is 1. The Morgan fingerprint density at radius 3 is 2.43 bits per heavy atom. The van der Waals surface area contributed by atoms with Gasteiger partial charge >= 0.3 is 5.97 Å². The Balaban J connectivity index is 1.17. The van der Waals surface area contributed by atoms with Gasteiger partial charge in [0.2, 0.25) is 0 Å². The highest BCUT2D eigenvalue weighted by Crippen LogP contribution is 2.41. The standard InChI is InChI=1S/C26H29N3O5S/c30-23(28-12-14-29(15-13-28)24(31)20-8-6-16-33-20)18-34-25(32)26(10-4-1-5-11-26)17-22-27-19-7-2-3-9-21(19)35-22/h2-3,6-9,16H,1,4-5,10-15,17-18H2. The molecule has 35 heavy (non-hydrogen) atoms. The van der Waals surface area contributed by atoms with Crippen LogP contribution in [-0.4, -0.2) is 65.4 Å². The second-order valence-corrected chi connectivity index (χ2v) is 10.4. The van der Waals surface area contributed by atoms with Crippen molar-refractivity contribution < 1.29 is 23.5 Å². The lowest BCUT2D eigenvalue weighted by atomic mass is 9.72. The molecular weight excluding hydrogens is 466 g/mol. The van der Waals surface area contributed by atoms with Crippen LogP contribution in [0.25, 0.3) is 10.2 Å². The number of thiazole rings is 1. The zero-order valence-electron chi connectivity index (χ0n) is 19.6. The van der Waals surface area contributed by atoms with E-state index in [9.17, 15) is 14.4 Å². The van der Waals surface area contributed by atoms with Crippen molar-refractivity contribution in [2.24, 2.45) is 5.41 Å². The van der Waals surface area contributed by atoms with Gasteiger partial charge in [-0.3, -0.25) is 14.4 Å². The molecule has 2 fully saturated rings. The van der Waals surface area contributed by atoms with E-state index >= 15 is 0 Å². The highest BCUT2D eigenvalue weighted by molar-refractivity contribution is 7.18. The van der Waals surface area contributed by atoms with E-state index in [-0.39, 0.29) is 24.4 Å². The lowest BCUT2D eigenvalue weighted by Gasteiger charge is -2.36. The van der Waals surface area contributed by atoms with Crippen molar-refractivity contribution in [3.63, 3.8) is 0 Å². The first-order chi connectivity index (χ1) is 17.0. The fourth-order valence-corrected chi connectivity index (χ4v) is 6.16. The van der Waals surface area contributed by atoms with Crippen LogP contribution in [-0.2, 0) is 20.7 Å². The Labute approximate surface area is 207 Å². The molecule has 2 amide bonds. The molecule has 9 heteroatoms. The number of hydrogen-bond donors (Lipinski definition) is 0. The van der Waals surface area contributed by atoms with E-state index in [1.54, 1.807) is 33.3 Å². The van der Waals surface area contributed by atoms with Crippen LogP contribution >= 0.6 is 11.3 Å². The third kappa shape index (κ3) is 5.10. The number of nitrogens with zero attached hydrogens (tertiary/aromatic N) is 3. The zero-order valence-corrected chi connectivity index (χ0v) is 20.4. The molecule has 0 N–H and O–H groups in total. The summed E-state index contributed by atoms with van der Waals surface area (Å²) in [6.45, 7) is 1.37. The number of rotatable bonds is 6. The van der Waals surface area contributed by atoms with Crippen molar-refractivity contribution in [2.45, 2.75) is 38.5 Å². The molecule has 1 aromatic carbocycles. The van der Waals surface area contributed by atoms with Gasteiger partial charge in [0.05, 0.1) is 26.9 Å². The first kappa shape index (κ1) is 23.5. The minimum atomic E-state index is -0.624. The van der Waals surface area contributed by atoms with Crippen molar-refractivity contribution >= 4 is 39.3 Å². The molecule has 0 atom stereocenters. The number of benzene rings is 1. The van der Waals surface area contributed by atoms with Crippen molar-refractivity contribution in [2.75, 3.05) is 32.8 Å². The maximum atomic E-state index is 13.3. The summed E-state index contributed by atoms with van der Waals surface area (Å²) in [5.41, 5.74) is 0.326. The maximum Gasteiger partial charge on any atom is 0.313 e.